The topological polar surface area (TPSA) is 96.0 Å². The van der Waals surface area contributed by atoms with E-state index in [9.17, 15) is 4.79 Å². The normalized spacial score (nSPS) is 23.0. The number of aromatic amines is 1. The van der Waals surface area contributed by atoms with Gasteiger partial charge in [-0.25, -0.2) is 9.97 Å². The van der Waals surface area contributed by atoms with Crippen molar-refractivity contribution in [3.8, 4) is 0 Å². The van der Waals surface area contributed by atoms with Crippen molar-refractivity contribution in [2.24, 2.45) is 0 Å². The van der Waals surface area contributed by atoms with Crippen LogP contribution in [-0.2, 0) is 4.74 Å². The Morgan fingerprint density at radius 3 is 3.08 bits per heavy atom. The van der Waals surface area contributed by atoms with Crippen molar-refractivity contribution in [2.75, 3.05) is 25.1 Å². The number of nitrogens with zero attached hydrogens (tertiary/aromatic N) is 4. The van der Waals surface area contributed by atoms with Gasteiger partial charge in [0, 0.05) is 32.3 Å². The lowest BCUT2D eigenvalue weighted by Gasteiger charge is -2.25. The van der Waals surface area contributed by atoms with E-state index in [0.29, 0.717) is 18.0 Å². The van der Waals surface area contributed by atoms with Crippen LogP contribution in [0.15, 0.2) is 24.8 Å². The molecule has 8 nitrogen and oxygen atoms in total. The van der Waals surface area contributed by atoms with E-state index in [1.807, 2.05) is 6.07 Å². The maximum atomic E-state index is 12.6. The molecule has 1 saturated carbocycles. The molecule has 2 atom stereocenters. The van der Waals surface area contributed by atoms with Gasteiger partial charge in [0.1, 0.15) is 12.1 Å². The standard InChI is InChI=1S/C17H22N6O2/c1-25-13-6-12(23(9-13)15-4-5-18-10-20-15)7-19-17(24)14-8-21-22-16(14)11-2-3-11/h4-5,8,10-13H,2-3,6-7,9H2,1H3,(H,19,24)(H,21,22)/t12-,13-/m1/s1. The van der Waals surface area contributed by atoms with Gasteiger partial charge in [-0.2, -0.15) is 5.10 Å². The highest BCUT2D eigenvalue weighted by atomic mass is 16.5. The minimum Gasteiger partial charge on any atom is -0.380 e. The van der Waals surface area contributed by atoms with Crippen LogP contribution in [0.5, 0.6) is 0 Å². The summed E-state index contributed by atoms with van der Waals surface area (Å²) in [6.45, 7) is 1.30. The van der Waals surface area contributed by atoms with Crippen LogP contribution in [0.4, 0.5) is 5.82 Å². The SMILES string of the molecule is CO[C@@H]1C[C@H](CNC(=O)c2cn[nH]c2C2CC2)N(c2ccncn2)C1. The average Bonchev–Trinajstić information content (AvgIpc) is 3.22. The number of carbonyl (C=O) groups is 1. The third-order valence-corrected chi connectivity index (χ3v) is 4.97. The van der Waals surface area contributed by atoms with Crippen LogP contribution in [0, 0.1) is 0 Å². The lowest BCUT2D eigenvalue weighted by atomic mass is 10.1. The zero-order valence-electron chi connectivity index (χ0n) is 14.2. The first kappa shape index (κ1) is 16.0. The maximum absolute atomic E-state index is 12.6. The van der Waals surface area contributed by atoms with E-state index in [1.54, 1.807) is 25.8 Å². The van der Waals surface area contributed by atoms with E-state index in [-0.39, 0.29) is 18.1 Å². The summed E-state index contributed by atoms with van der Waals surface area (Å²) in [5, 5.41) is 10.1. The van der Waals surface area contributed by atoms with E-state index >= 15 is 0 Å². The number of amides is 1. The number of H-pyrrole nitrogens is 1. The third-order valence-electron chi connectivity index (χ3n) is 4.97. The van der Waals surface area contributed by atoms with Gasteiger partial charge in [0.25, 0.3) is 5.91 Å². The van der Waals surface area contributed by atoms with Crippen molar-refractivity contribution in [3.05, 3.63) is 36.0 Å². The first-order chi connectivity index (χ1) is 12.3. The smallest absolute Gasteiger partial charge is 0.254 e. The molecule has 0 unspecified atom stereocenters. The fourth-order valence-electron chi connectivity index (χ4n) is 3.44. The molecule has 0 bridgehead atoms. The first-order valence-electron chi connectivity index (χ1n) is 8.63. The Labute approximate surface area is 146 Å². The van der Waals surface area contributed by atoms with Gasteiger partial charge in [-0.1, -0.05) is 0 Å². The number of hydrogen-bond acceptors (Lipinski definition) is 6. The predicted octanol–water partition coefficient (Wildman–Crippen LogP) is 1.10. The molecule has 1 amide bonds. The summed E-state index contributed by atoms with van der Waals surface area (Å²) >= 11 is 0. The fourth-order valence-corrected chi connectivity index (χ4v) is 3.44. The van der Waals surface area contributed by atoms with Gasteiger partial charge in [0.15, 0.2) is 0 Å². The number of ether oxygens (including phenoxy) is 1. The summed E-state index contributed by atoms with van der Waals surface area (Å²) in [5.41, 5.74) is 1.63. The van der Waals surface area contributed by atoms with Gasteiger partial charge in [-0.15, -0.1) is 0 Å². The van der Waals surface area contributed by atoms with Crippen LogP contribution in [-0.4, -0.2) is 58.4 Å². The summed E-state index contributed by atoms with van der Waals surface area (Å²) in [7, 11) is 1.72. The van der Waals surface area contributed by atoms with Crippen LogP contribution in [0.25, 0.3) is 0 Å². The molecule has 1 saturated heterocycles. The van der Waals surface area contributed by atoms with E-state index < -0.39 is 0 Å². The maximum Gasteiger partial charge on any atom is 0.254 e. The Bertz CT molecular complexity index is 730. The average molecular weight is 342 g/mol. The van der Waals surface area contributed by atoms with Crippen LogP contribution in [0.1, 0.15) is 41.2 Å². The number of aromatic nitrogens is 4. The van der Waals surface area contributed by atoms with Crippen LogP contribution in [0.3, 0.4) is 0 Å². The zero-order valence-corrected chi connectivity index (χ0v) is 14.2. The van der Waals surface area contributed by atoms with Crippen molar-refractivity contribution < 1.29 is 9.53 Å². The summed E-state index contributed by atoms with van der Waals surface area (Å²) in [5.74, 6) is 1.25. The Morgan fingerprint density at radius 2 is 2.36 bits per heavy atom. The molecule has 2 aromatic heterocycles. The highest BCUT2D eigenvalue weighted by Gasteiger charge is 2.34. The van der Waals surface area contributed by atoms with Gasteiger partial charge in [-0.05, 0) is 25.3 Å². The van der Waals surface area contributed by atoms with E-state index in [1.165, 1.54) is 0 Å². The molecular formula is C17H22N6O2. The number of hydrogen-bond donors (Lipinski definition) is 2. The third kappa shape index (κ3) is 3.34. The van der Waals surface area contributed by atoms with E-state index in [4.69, 9.17) is 4.74 Å². The molecule has 132 valence electrons. The number of methoxy groups -OCH3 is 1. The molecule has 0 aromatic carbocycles. The molecule has 25 heavy (non-hydrogen) atoms. The zero-order chi connectivity index (χ0) is 17.2. The lowest BCUT2D eigenvalue weighted by Crippen LogP contribution is -2.40. The Balaban J connectivity index is 1.43. The molecule has 2 aliphatic rings. The van der Waals surface area contributed by atoms with Gasteiger partial charge in [-0.3, -0.25) is 9.89 Å². The lowest BCUT2D eigenvalue weighted by molar-refractivity contribution is 0.0945. The number of nitrogens with one attached hydrogen (secondary N) is 2. The van der Waals surface area contributed by atoms with Gasteiger partial charge in [0.2, 0.25) is 0 Å². The van der Waals surface area contributed by atoms with Crippen molar-refractivity contribution in [1.82, 2.24) is 25.5 Å². The fraction of sp³-hybridized carbons (Fsp3) is 0.529. The highest BCUT2D eigenvalue weighted by Crippen LogP contribution is 2.40. The quantitative estimate of drug-likeness (QED) is 0.816. The van der Waals surface area contributed by atoms with Gasteiger partial charge in [0.05, 0.1) is 29.6 Å². The highest BCUT2D eigenvalue weighted by molar-refractivity contribution is 5.95. The number of rotatable bonds is 6. The van der Waals surface area contributed by atoms with Crippen LogP contribution in [0.2, 0.25) is 0 Å². The molecule has 4 rings (SSSR count). The van der Waals surface area contributed by atoms with Gasteiger partial charge >= 0.3 is 0 Å². The van der Waals surface area contributed by atoms with E-state index in [0.717, 1.165) is 37.3 Å². The minimum atomic E-state index is -0.0702. The second-order valence-electron chi connectivity index (χ2n) is 6.65. The van der Waals surface area contributed by atoms with E-state index in [2.05, 4.69) is 30.4 Å². The minimum absolute atomic E-state index is 0.0702. The molecule has 2 N–H and O–H groups in total. The molecule has 0 radical (unpaired) electrons. The summed E-state index contributed by atoms with van der Waals surface area (Å²) in [6, 6.07) is 2.02. The molecular weight excluding hydrogens is 320 g/mol. The summed E-state index contributed by atoms with van der Waals surface area (Å²) < 4.78 is 5.52. The molecule has 0 spiro atoms. The monoisotopic (exact) mass is 342 g/mol. The van der Waals surface area contributed by atoms with Crippen molar-refractivity contribution >= 4 is 11.7 Å². The van der Waals surface area contributed by atoms with Gasteiger partial charge < -0.3 is 15.0 Å². The van der Waals surface area contributed by atoms with Crippen molar-refractivity contribution in [2.45, 2.75) is 37.3 Å². The van der Waals surface area contributed by atoms with Crippen LogP contribution >= 0.6 is 0 Å². The molecule has 3 heterocycles. The second-order valence-corrected chi connectivity index (χ2v) is 6.65. The molecule has 8 heteroatoms. The number of anilines is 1. The molecule has 2 fully saturated rings. The van der Waals surface area contributed by atoms with Crippen LogP contribution < -0.4 is 10.2 Å². The summed E-state index contributed by atoms with van der Waals surface area (Å²) in [6.07, 6.45) is 8.13. The molecule has 1 aliphatic heterocycles. The Morgan fingerprint density at radius 1 is 1.48 bits per heavy atom. The Hall–Kier alpha value is -2.48. The first-order valence-corrected chi connectivity index (χ1v) is 8.63. The molecule has 1 aliphatic carbocycles. The largest absolute Gasteiger partial charge is 0.380 e. The summed E-state index contributed by atoms with van der Waals surface area (Å²) in [4.78, 5) is 23.0. The molecule has 2 aromatic rings. The second kappa shape index (κ2) is 6.79. The number of carbonyl (C=O) groups excluding carboxylic acids is 1. The van der Waals surface area contributed by atoms with Crippen molar-refractivity contribution in [1.29, 1.82) is 0 Å². The van der Waals surface area contributed by atoms with Crippen molar-refractivity contribution in [3.63, 3.8) is 0 Å². The Kier molecular flexibility index (Phi) is 4.35. The predicted molar refractivity (Wildman–Crippen MR) is 91.5 cm³/mol.